The zero-order valence-electron chi connectivity index (χ0n) is 10.9. The van der Waals surface area contributed by atoms with E-state index in [4.69, 9.17) is 0 Å². The molecule has 0 atom stereocenters. The summed E-state index contributed by atoms with van der Waals surface area (Å²) in [5, 5.41) is 8.06. The van der Waals surface area contributed by atoms with Crippen LogP contribution in [0.5, 0.6) is 0 Å². The van der Waals surface area contributed by atoms with Gasteiger partial charge in [-0.15, -0.1) is 0 Å². The van der Waals surface area contributed by atoms with Crippen molar-refractivity contribution in [3.05, 3.63) is 17.5 Å². The molecule has 0 bridgehead atoms. The molecule has 1 N–H and O–H groups in total. The molecular weight excluding hydrogens is 230 g/mol. The highest BCUT2D eigenvalue weighted by Gasteiger charge is 2.13. The molecule has 1 aromatic rings. The van der Waals surface area contributed by atoms with Gasteiger partial charge in [-0.05, 0) is 56.7 Å². The van der Waals surface area contributed by atoms with Crippen molar-refractivity contribution in [3.63, 3.8) is 0 Å². The Hall–Kier alpha value is -0.480. The van der Waals surface area contributed by atoms with Crippen LogP contribution in [0.15, 0.2) is 6.07 Å². The average Bonchev–Trinajstić information content (AvgIpc) is 2.71. The van der Waals surface area contributed by atoms with Crippen LogP contribution in [0.2, 0.25) is 0 Å². The van der Waals surface area contributed by atoms with Crippen LogP contribution >= 0.6 is 11.8 Å². The van der Waals surface area contributed by atoms with Crippen LogP contribution in [0.1, 0.15) is 31.2 Å². The molecule has 0 spiro atoms. The number of aromatic nitrogens is 2. The minimum atomic E-state index is 0.885. The number of nitrogens with one attached hydrogen (secondary N) is 1. The van der Waals surface area contributed by atoms with E-state index >= 15 is 0 Å². The Balaban J connectivity index is 1.76. The molecule has 1 aliphatic rings. The van der Waals surface area contributed by atoms with Gasteiger partial charge >= 0.3 is 0 Å². The first-order valence-electron chi connectivity index (χ1n) is 6.61. The van der Waals surface area contributed by atoms with Crippen LogP contribution in [-0.4, -0.2) is 27.8 Å². The lowest BCUT2D eigenvalue weighted by atomic mass is 10.0. The highest BCUT2D eigenvalue weighted by molar-refractivity contribution is 7.99. The van der Waals surface area contributed by atoms with E-state index < -0.39 is 0 Å². The van der Waals surface area contributed by atoms with Crippen LogP contribution in [0.4, 0.5) is 0 Å². The first-order chi connectivity index (χ1) is 8.29. The zero-order valence-corrected chi connectivity index (χ0v) is 11.7. The van der Waals surface area contributed by atoms with E-state index in [1.54, 1.807) is 0 Å². The molecule has 0 unspecified atom stereocenters. The van der Waals surface area contributed by atoms with Gasteiger partial charge in [-0.25, -0.2) is 0 Å². The first-order valence-corrected chi connectivity index (χ1v) is 7.77. The molecule has 1 aliphatic heterocycles. The molecule has 1 aromatic heterocycles. The second-order valence-electron chi connectivity index (χ2n) is 4.78. The maximum Gasteiger partial charge on any atom is 0.0597 e. The Morgan fingerprint density at radius 3 is 2.94 bits per heavy atom. The molecule has 0 aromatic carbocycles. The quantitative estimate of drug-likeness (QED) is 0.874. The van der Waals surface area contributed by atoms with Crippen molar-refractivity contribution in [2.24, 2.45) is 5.92 Å². The van der Waals surface area contributed by atoms with Gasteiger partial charge in [-0.1, -0.05) is 0 Å². The summed E-state index contributed by atoms with van der Waals surface area (Å²) >= 11 is 2.10. The fourth-order valence-electron chi connectivity index (χ4n) is 2.37. The predicted molar refractivity (Wildman–Crippen MR) is 74.4 cm³/mol. The molecule has 96 valence electrons. The summed E-state index contributed by atoms with van der Waals surface area (Å²) in [6.07, 6.45) is 2.76. The maximum absolute atomic E-state index is 4.47. The molecule has 0 aliphatic carbocycles. The molecule has 3 nitrogen and oxygen atoms in total. The zero-order chi connectivity index (χ0) is 12.1. The molecule has 4 heteroatoms. The van der Waals surface area contributed by atoms with E-state index in [0.717, 1.165) is 31.2 Å². The molecule has 2 heterocycles. The van der Waals surface area contributed by atoms with E-state index in [2.05, 4.69) is 46.8 Å². The summed E-state index contributed by atoms with van der Waals surface area (Å²) in [6, 6.07) is 2.19. The van der Waals surface area contributed by atoms with Gasteiger partial charge in [0, 0.05) is 13.1 Å². The fourth-order valence-corrected chi connectivity index (χ4v) is 3.57. The van der Waals surface area contributed by atoms with E-state index in [9.17, 15) is 0 Å². The third-order valence-corrected chi connectivity index (χ3v) is 4.41. The molecular formula is C13H23N3S. The number of nitrogens with zero attached hydrogens (tertiary/aromatic N) is 2. The van der Waals surface area contributed by atoms with Crippen LogP contribution in [0.25, 0.3) is 0 Å². The normalized spacial score (nSPS) is 17.5. The number of aryl methyl sites for hydroxylation is 2. The van der Waals surface area contributed by atoms with Crippen LogP contribution in [-0.2, 0) is 13.1 Å². The summed E-state index contributed by atoms with van der Waals surface area (Å²) in [6.45, 7) is 7.29. The largest absolute Gasteiger partial charge is 0.311 e. The predicted octanol–water partition coefficient (Wildman–Crippen LogP) is 2.44. The summed E-state index contributed by atoms with van der Waals surface area (Å²) in [7, 11) is 0. The lowest BCUT2D eigenvalue weighted by Gasteiger charge is -2.21. The standard InChI is InChI=1S/C13H23N3S/c1-3-16-13(8-11(2)15-16)10-14-9-12-4-6-17-7-5-12/h8,12,14H,3-7,9-10H2,1-2H3. The average molecular weight is 253 g/mol. The Kier molecular flexibility index (Phi) is 4.92. The summed E-state index contributed by atoms with van der Waals surface area (Å²) < 4.78 is 2.10. The molecule has 0 radical (unpaired) electrons. The Labute approximate surface area is 108 Å². The number of thioether (sulfide) groups is 1. The van der Waals surface area contributed by atoms with Crippen molar-refractivity contribution in [1.82, 2.24) is 15.1 Å². The molecule has 1 fully saturated rings. The lowest BCUT2D eigenvalue weighted by molar-refractivity contribution is 0.441. The van der Waals surface area contributed by atoms with Crippen molar-refractivity contribution < 1.29 is 0 Å². The monoisotopic (exact) mass is 253 g/mol. The maximum atomic E-state index is 4.47. The second-order valence-corrected chi connectivity index (χ2v) is 6.00. The van der Waals surface area contributed by atoms with Crippen LogP contribution in [0.3, 0.4) is 0 Å². The van der Waals surface area contributed by atoms with Crippen molar-refractivity contribution in [1.29, 1.82) is 0 Å². The van der Waals surface area contributed by atoms with Gasteiger partial charge in [-0.2, -0.15) is 16.9 Å². The minimum Gasteiger partial charge on any atom is -0.311 e. The third kappa shape index (κ3) is 3.75. The summed E-state index contributed by atoms with van der Waals surface area (Å²) in [5.74, 6) is 3.58. The SMILES string of the molecule is CCn1nc(C)cc1CNCC1CCSCC1. The Bertz CT molecular complexity index is 342. The third-order valence-electron chi connectivity index (χ3n) is 3.37. The van der Waals surface area contributed by atoms with Gasteiger partial charge in [0.15, 0.2) is 0 Å². The number of hydrogen-bond donors (Lipinski definition) is 1. The van der Waals surface area contributed by atoms with Crippen molar-refractivity contribution >= 4 is 11.8 Å². The fraction of sp³-hybridized carbons (Fsp3) is 0.769. The van der Waals surface area contributed by atoms with E-state index in [1.165, 1.54) is 30.0 Å². The van der Waals surface area contributed by atoms with Crippen molar-refractivity contribution in [2.75, 3.05) is 18.1 Å². The van der Waals surface area contributed by atoms with Gasteiger partial charge in [0.05, 0.1) is 11.4 Å². The smallest absolute Gasteiger partial charge is 0.0597 e. The summed E-state index contributed by atoms with van der Waals surface area (Å²) in [4.78, 5) is 0. The van der Waals surface area contributed by atoms with E-state index in [0.29, 0.717) is 0 Å². The lowest BCUT2D eigenvalue weighted by Crippen LogP contribution is -2.26. The first kappa shape index (κ1) is 13.0. The molecule has 17 heavy (non-hydrogen) atoms. The molecule has 1 saturated heterocycles. The molecule has 0 saturated carbocycles. The van der Waals surface area contributed by atoms with E-state index in [1.807, 2.05) is 0 Å². The number of hydrogen-bond acceptors (Lipinski definition) is 3. The Morgan fingerprint density at radius 1 is 1.47 bits per heavy atom. The minimum absolute atomic E-state index is 0.885. The molecule has 2 rings (SSSR count). The summed E-state index contributed by atoms with van der Waals surface area (Å²) in [5.41, 5.74) is 2.44. The van der Waals surface area contributed by atoms with Crippen LogP contribution in [0, 0.1) is 12.8 Å². The van der Waals surface area contributed by atoms with Crippen molar-refractivity contribution in [2.45, 2.75) is 39.8 Å². The van der Waals surface area contributed by atoms with Gasteiger partial charge in [0.2, 0.25) is 0 Å². The van der Waals surface area contributed by atoms with E-state index in [-0.39, 0.29) is 0 Å². The topological polar surface area (TPSA) is 29.9 Å². The number of rotatable bonds is 5. The molecule has 0 amide bonds. The second kappa shape index (κ2) is 6.45. The van der Waals surface area contributed by atoms with Gasteiger partial charge in [-0.3, -0.25) is 4.68 Å². The van der Waals surface area contributed by atoms with Gasteiger partial charge in [0.25, 0.3) is 0 Å². The highest BCUT2D eigenvalue weighted by atomic mass is 32.2. The van der Waals surface area contributed by atoms with Gasteiger partial charge in [0.1, 0.15) is 0 Å². The Morgan fingerprint density at radius 2 is 2.24 bits per heavy atom. The van der Waals surface area contributed by atoms with Gasteiger partial charge < -0.3 is 5.32 Å². The van der Waals surface area contributed by atoms with Crippen molar-refractivity contribution in [3.8, 4) is 0 Å². The highest BCUT2D eigenvalue weighted by Crippen LogP contribution is 2.21. The van der Waals surface area contributed by atoms with Crippen LogP contribution < -0.4 is 5.32 Å².